The Kier molecular flexibility index (Phi) is 10.8. The van der Waals surface area contributed by atoms with Gasteiger partial charge in [-0.05, 0) is 83.6 Å². The molecule has 2 rings (SSSR count). The summed E-state index contributed by atoms with van der Waals surface area (Å²) in [7, 11) is 1.82. The highest BCUT2D eigenvalue weighted by Crippen LogP contribution is 2.27. The highest BCUT2D eigenvalue weighted by Gasteiger charge is 2.31. The minimum atomic E-state index is -4.74. The number of halogens is 3. The van der Waals surface area contributed by atoms with Crippen molar-refractivity contribution >= 4 is 23.1 Å². The van der Waals surface area contributed by atoms with E-state index in [4.69, 9.17) is 0 Å². The molecule has 10 heteroatoms. The Morgan fingerprint density at radius 3 is 2.36 bits per heavy atom. The molecule has 1 atom stereocenters. The molecule has 2 aromatic rings. The second kappa shape index (κ2) is 13.3. The predicted octanol–water partition coefficient (Wildman–Crippen LogP) is 5.74. The number of benzene rings is 1. The monoisotopic (exact) mass is 509 g/mol. The molecule has 36 heavy (non-hydrogen) atoms. The van der Waals surface area contributed by atoms with Gasteiger partial charge in [-0.1, -0.05) is 13.8 Å². The zero-order valence-electron chi connectivity index (χ0n) is 22.0. The predicted molar refractivity (Wildman–Crippen MR) is 139 cm³/mol. The first-order valence-corrected chi connectivity index (χ1v) is 12.4. The fraction of sp³-hybridized carbons (Fsp3) is 0.538. The van der Waals surface area contributed by atoms with Gasteiger partial charge in [0, 0.05) is 30.9 Å². The number of carbonyl (C=O) groups excluding carboxylic acids is 1. The van der Waals surface area contributed by atoms with E-state index >= 15 is 0 Å². The molecule has 7 nitrogen and oxygen atoms in total. The average Bonchev–Trinajstić information content (AvgIpc) is 3.14. The van der Waals surface area contributed by atoms with Gasteiger partial charge >= 0.3 is 6.36 Å². The smallest absolute Gasteiger partial charge is 0.406 e. The Morgan fingerprint density at radius 2 is 1.81 bits per heavy atom. The zero-order valence-corrected chi connectivity index (χ0v) is 22.0. The van der Waals surface area contributed by atoms with E-state index in [0.29, 0.717) is 23.6 Å². The van der Waals surface area contributed by atoms with Gasteiger partial charge in [-0.3, -0.25) is 9.79 Å². The minimum absolute atomic E-state index is 0.0289. The number of hydrogen-bond acceptors (Lipinski definition) is 5. The molecule has 2 N–H and O–H groups in total. The summed E-state index contributed by atoms with van der Waals surface area (Å²) in [6.45, 7) is 13.7. The van der Waals surface area contributed by atoms with Gasteiger partial charge in [0.05, 0.1) is 5.69 Å². The number of aliphatic imine (C=N–C) groups is 1. The van der Waals surface area contributed by atoms with Crippen LogP contribution in [-0.2, 0) is 7.05 Å². The van der Waals surface area contributed by atoms with Gasteiger partial charge in [0.25, 0.3) is 5.91 Å². The first-order valence-electron chi connectivity index (χ1n) is 12.4. The molecule has 1 aromatic heterocycles. The summed E-state index contributed by atoms with van der Waals surface area (Å²) in [5.74, 6) is 0.270. The molecular weight excluding hydrogens is 471 g/mol. The topological polar surface area (TPSA) is 70.9 Å². The molecule has 0 spiro atoms. The van der Waals surface area contributed by atoms with Crippen molar-refractivity contribution in [1.29, 1.82) is 0 Å². The Balaban J connectivity index is 2.17. The Hall–Kier alpha value is -3.01. The second-order valence-electron chi connectivity index (χ2n) is 8.66. The number of nitrogens with zero attached hydrogens (tertiary/aromatic N) is 3. The third-order valence-electron chi connectivity index (χ3n) is 5.95. The third kappa shape index (κ3) is 8.58. The fourth-order valence-corrected chi connectivity index (χ4v) is 3.98. The van der Waals surface area contributed by atoms with Crippen LogP contribution >= 0.6 is 0 Å². The van der Waals surface area contributed by atoms with Crippen LogP contribution in [0.15, 0.2) is 35.3 Å². The van der Waals surface area contributed by atoms with Gasteiger partial charge < -0.3 is 24.8 Å². The first kappa shape index (κ1) is 29.2. The Bertz CT molecular complexity index is 1010. The van der Waals surface area contributed by atoms with Crippen molar-refractivity contribution in [2.24, 2.45) is 12.0 Å². The van der Waals surface area contributed by atoms with Crippen molar-refractivity contribution in [1.82, 2.24) is 14.8 Å². The summed E-state index contributed by atoms with van der Waals surface area (Å²) in [6, 6.07) is 7.16. The van der Waals surface area contributed by atoms with Crippen molar-refractivity contribution in [3.63, 3.8) is 0 Å². The SMILES string of the molecule is CCNc1c(C(C)=Nc2ccc(OC(F)(F)F)cc2)cc(C(=O)NC(C)CCCN(CC)CC)n1C. The number of carbonyl (C=O) groups is 1. The third-order valence-corrected chi connectivity index (χ3v) is 5.95. The van der Waals surface area contributed by atoms with E-state index < -0.39 is 6.36 Å². The maximum Gasteiger partial charge on any atom is 0.573 e. The molecule has 0 fully saturated rings. The van der Waals surface area contributed by atoms with Crippen LogP contribution in [0.2, 0.25) is 0 Å². The standard InChI is InChI=1S/C26H38F3N5O2/c1-7-30-24-22(19(5)32-20-12-14-21(15-13-20)36-26(27,28)29)17-23(33(24)6)25(35)31-18(4)11-10-16-34(8-2)9-3/h12-15,17-18,30H,7-11,16H2,1-6H3,(H,31,35). The van der Waals surface area contributed by atoms with Crippen LogP contribution in [0.25, 0.3) is 0 Å². The van der Waals surface area contributed by atoms with Crippen molar-refractivity contribution < 1.29 is 22.7 Å². The molecule has 1 heterocycles. The van der Waals surface area contributed by atoms with E-state index in [2.05, 4.69) is 39.1 Å². The molecule has 0 radical (unpaired) electrons. The van der Waals surface area contributed by atoms with Crippen molar-refractivity contribution in [3.05, 3.63) is 41.6 Å². The van der Waals surface area contributed by atoms with Crippen LogP contribution < -0.4 is 15.4 Å². The van der Waals surface area contributed by atoms with E-state index in [9.17, 15) is 18.0 Å². The van der Waals surface area contributed by atoms with Crippen LogP contribution in [-0.4, -0.2) is 59.7 Å². The van der Waals surface area contributed by atoms with Crippen molar-refractivity contribution in [2.75, 3.05) is 31.5 Å². The molecule has 0 aliphatic heterocycles. The van der Waals surface area contributed by atoms with E-state index in [1.165, 1.54) is 24.3 Å². The molecule has 0 saturated carbocycles. The number of aromatic nitrogens is 1. The highest BCUT2D eigenvalue weighted by molar-refractivity contribution is 6.07. The largest absolute Gasteiger partial charge is 0.573 e. The number of rotatable bonds is 13. The van der Waals surface area contributed by atoms with Crippen LogP contribution in [0.5, 0.6) is 5.75 Å². The minimum Gasteiger partial charge on any atom is -0.406 e. The molecular formula is C26H38F3N5O2. The van der Waals surface area contributed by atoms with Gasteiger partial charge in [0.2, 0.25) is 0 Å². The number of anilines is 1. The molecule has 0 bridgehead atoms. The van der Waals surface area contributed by atoms with Crippen LogP contribution in [0.3, 0.4) is 0 Å². The van der Waals surface area contributed by atoms with Crippen molar-refractivity contribution in [3.8, 4) is 5.75 Å². The maximum atomic E-state index is 13.1. The lowest BCUT2D eigenvalue weighted by atomic mass is 10.1. The van der Waals surface area contributed by atoms with Gasteiger partial charge in [-0.15, -0.1) is 13.2 Å². The van der Waals surface area contributed by atoms with Crippen LogP contribution in [0.4, 0.5) is 24.7 Å². The number of amides is 1. The number of ether oxygens (including phenoxy) is 1. The fourth-order valence-electron chi connectivity index (χ4n) is 3.98. The lowest BCUT2D eigenvalue weighted by Crippen LogP contribution is -2.34. The summed E-state index contributed by atoms with van der Waals surface area (Å²) in [5.41, 5.74) is 2.34. The summed E-state index contributed by atoms with van der Waals surface area (Å²) in [6.07, 6.45) is -2.86. The van der Waals surface area contributed by atoms with E-state index in [1.807, 2.05) is 20.9 Å². The van der Waals surface area contributed by atoms with Gasteiger partial charge in [-0.25, -0.2) is 0 Å². The van der Waals surface area contributed by atoms with E-state index in [1.54, 1.807) is 17.6 Å². The molecule has 0 aliphatic rings. The first-order chi connectivity index (χ1) is 17.0. The normalized spacial score (nSPS) is 13.1. The van der Waals surface area contributed by atoms with Crippen LogP contribution in [0, 0.1) is 0 Å². The Morgan fingerprint density at radius 1 is 1.17 bits per heavy atom. The highest BCUT2D eigenvalue weighted by atomic mass is 19.4. The van der Waals surface area contributed by atoms with Gasteiger partial charge in [0.1, 0.15) is 17.3 Å². The van der Waals surface area contributed by atoms with Crippen LogP contribution in [0.1, 0.15) is 63.5 Å². The summed E-state index contributed by atoms with van der Waals surface area (Å²) in [4.78, 5) is 20.0. The molecule has 1 amide bonds. The van der Waals surface area contributed by atoms with E-state index in [0.717, 1.165) is 43.9 Å². The second-order valence-corrected chi connectivity index (χ2v) is 8.66. The molecule has 0 aliphatic carbocycles. The van der Waals surface area contributed by atoms with Crippen molar-refractivity contribution in [2.45, 2.75) is 59.9 Å². The lowest BCUT2D eigenvalue weighted by Gasteiger charge is -2.20. The molecule has 200 valence electrons. The number of nitrogens with one attached hydrogen (secondary N) is 2. The lowest BCUT2D eigenvalue weighted by molar-refractivity contribution is -0.274. The summed E-state index contributed by atoms with van der Waals surface area (Å²) >= 11 is 0. The number of hydrogen-bond donors (Lipinski definition) is 2. The number of alkyl halides is 3. The maximum absolute atomic E-state index is 13.1. The Labute approximate surface area is 211 Å². The summed E-state index contributed by atoms with van der Waals surface area (Å²) in [5, 5.41) is 6.38. The van der Waals surface area contributed by atoms with E-state index in [-0.39, 0.29) is 17.7 Å². The van der Waals surface area contributed by atoms with Gasteiger partial charge in [-0.2, -0.15) is 0 Å². The zero-order chi connectivity index (χ0) is 26.9. The quantitative estimate of drug-likeness (QED) is 0.338. The molecule has 1 aromatic carbocycles. The van der Waals surface area contributed by atoms with Gasteiger partial charge in [0.15, 0.2) is 0 Å². The average molecular weight is 510 g/mol. The summed E-state index contributed by atoms with van der Waals surface area (Å²) < 4.78 is 42.9. The molecule has 1 unspecified atom stereocenters. The molecule has 0 saturated heterocycles.